The van der Waals surface area contributed by atoms with Crippen LogP contribution in [0, 0.1) is 0 Å². The molecule has 2 atom stereocenters. The lowest BCUT2D eigenvalue weighted by molar-refractivity contribution is -0.0204. The molecule has 7 nitrogen and oxygen atoms in total. The average Bonchev–Trinajstić information content (AvgIpc) is 3.05. The molecule has 0 radical (unpaired) electrons. The van der Waals surface area contributed by atoms with Gasteiger partial charge in [0.05, 0.1) is 40.1 Å². The Bertz CT molecular complexity index is 1480. The lowest BCUT2D eigenvalue weighted by Crippen LogP contribution is -2.46. The molecule has 0 saturated carbocycles. The van der Waals surface area contributed by atoms with Crippen molar-refractivity contribution < 1.29 is 28.8 Å². The van der Waals surface area contributed by atoms with Crippen molar-refractivity contribution in [3.8, 4) is 17.2 Å². The Morgan fingerprint density at radius 1 is 0.953 bits per heavy atom. The van der Waals surface area contributed by atoms with E-state index in [4.69, 9.17) is 18.9 Å². The molecule has 0 spiro atoms. The van der Waals surface area contributed by atoms with Crippen LogP contribution in [0.25, 0.3) is 10.8 Å². The van der Waals surface area contributed by atoms with Gasteiger partial charge in [0.1, 0.15) is 17.2 Å². The summed E-state index contributed by atoms with van der Waals surface area (Å²) in [4.78, 5) is 13.3. The number of hydrogen-bond acceptors (Lipinski definition) is 6. The number of rotatable bonds is 13. The van der Waals surface area contributed by atoms with E-state index in [1.54, 1.807) is 14.2 Å². The number of carboxylic acid groups (broad SMARTS) is 1. The van der Waals surface area contributed by atoms with Gasteiger partial charge >= 0.3 is 6.09 Å². The molecule has 4 aromatic rings. The minimum absolute atomic E-state index is 0.0485. The summed E-state index contributed by atoms with van der Waals surface area (Å²) in [6.45, 7) is 1.70. The van der Waals surface area contributed by atoms with E-state index in [2.05, 4.69) is 36.4 Å². The van der Waals surface area contributed by atoms with Gasteiger partial charge in [-0.25, -0.2) is 4.79 Å². The molecule has 8 heteroatoms. The number of benzene rings is 4. The van der Waals surface area contributed by atoms with Crippen molar-refractivity contribution in [3.05, 3.63) is 102 Å². The molecule has 1 fully saturated rings. The van der Waals surface area contributed by atoms with Gasteiger partial charge in [0, 0.05) is 34.6 Å². The SMILES string of the molecule is COc1cc(COC2CN(C(=O)O)CCC2c2ccc(OCCCSCc3ccccc3)cc2)c(OC)c2ccccc12. The van der Waals surface area contributed by atoms with Crippen LogP contribution in [0.2, 0.25) is 0 Å². The highest BCUT2D eigenvalue weighted by Gasteiger charge is 2.33. The topological polar surface area (TPSA) is 77.5 Å². The lowest BCUT2D eigenvalue weighted by Gasteiger charge is -2.37. The summed E-state index contributed by atoms with van der Waals surface area (Å²) in [7, 11) is 3.31. The highest BCUT2D eigenvalue weighted by Crippen LogP contribution is 2.38. The van der Waals surface area contributed by atoms with Crippen molar-refractivity contribution >= 4 is 28.6 Å². The molecule has 1 aliphatic heterocycles. The van der Waals surface area contributed by atoms with Gasteiger partial charge < -0.3 is 29.0 Å². The Labute approximate surface area is 257 Å². The number of ether oxygens (including phenoxy) is 4. The molecule has 5 rings (SSSR count). The van der Waals surface area contributed by atoms with E-state index in [0.717, 1.165) is 57.1 Å². The molecule has 2 unspecified atom stereocenters. The highest BCUT2D eigenvalue weighted by atomic mass is 32.2. The lowest BCUT2D eigenvalue weighted by atomic mass is 9.87. The van der Waals surface area contributed by atoms with Gasteiger partial charge in [-0.15, -0.1) is 0 Å². The zero-order chi connectivity index (χ0) is 30.0. The number of hydrogen-bond donors (Lipinski definition) is 1. The minimum Gasteiger partial charge on any atom is -0.496 e. The number of fused-ring (bicyclic) bond motifs is 1. The van der Waals surface area contributed by atoms with Gasteiger partial charge in [0.2, 0.25) is 0 Å². The summed E-state index contributed by atoms with van der Waals surface area (Å²) in [5.74, 6) is 4.42. The molecule has 1 amide bonds. The van der Waals surface area contributed by atoms with Crippen LogP contribution in [0.3, 0.4) is 0 Å². The van der Waals surface area contributed by atoms with Crippen LogP contribution in [0.15, 0.2) is 84.9 Å². The number of nitrogens with zero attached hydrogens (tertiary/aromatic N) is 1. The molecule has 43 heavy (non-hydrogen) atoms. The van der Waals surface area contributed by atoms with E-state index >= 15 is 0 Å². The van der Waals surface area contributed by atoms with E-state index in [9.17, 15) is 9.90 Å². The third kappa shape index (κ3) is 7.75. The summed E-state index contributed by atoms with van der Waals surface area (Å²) < 4.78 is 24.0. The molecule has 0 aromatic heterocycles. The second kappa shape index (κ2) is 15.0. The predicted molar refractivity (Wildman–Crippen MR) is 172 cm³/mol. The molecule has 226 valence electrons. The average molecular weight is 602 g/mol. The van der Waals surface area contributed by atoms with E-state index in [1.807, 2.05) is 60.3 Å². The van der Waals surface area contributed by atoms with Crippen LogP contribution in [0.1, 0.15) is 35.4 Å². The standard InChI is InChI=1S/C35H39NO6S/c1-39-32-21-27(34(40-2)31-12-7-6-11-30(31)32)23-42-33-22-36(35(37)38)18-17-29(33)26-13-15-28(16-14-26)41-19-8-20-43-24-25-9-4-3-5-10-25/h3-7,9-16,21,29,33H,8,17-20,22-24H2,1-2H3,(H,37,38). The van der Waals surface area contributed by atoms with Crippen LogP contribution in [-0.2, 0) is 17.1 Å². The maximum absolute atomic E-state index is 11.8. The molecule has 1 N–H and O–H groups in total. The maximum atomic E-state index is 11.8. The van der Waals surface area contributed by atoms with Crippen LogP contribution >= 0.6 is 11.8 Å². The molecule has 4 aromatic carbocycles. The van der Waals surface area contributed by atoms with Crippen LogP contribution in [-0.4, -0.2) is 61.9 Å². The summed E-state index contributed by atoms with van der Waals surface area (Å²) in [6.07, 6.45) is 0.405. The van der Waals surface area contributed by atoms with Gasteiger partial charge in [-0.3, -0.25) is 0 Å². The van der Waals surface area contributed by atoms with E-state index in [-0.39, 0.29) is 18.6 Å². The third-order valence-corrected chi connectivity index (χ3v) is 8.98. The van der Waals surface area contributed by atoms with Gasteiger partial charge in [0.15, 0.2) is 0 Å². The van der Waals surface area contributed by atoms with Gasteiger partial charge in [-0.05, 0) is 47.9 Å². The normalized spacial score (nSPS) is 16.7. The first-order valence-electron chi connectivity index (χ1n) is 14.6. The molecule has 0 bridgehead atoms. The highest BCUT2D eigenvalue weighted by molar-refractivity contribution is 7.98. The fourth-order valence-corrected chi connectivity index (χ4v) is 6.55. The fourth-order valence-electron chi connectivity index (χ4n) is 5.65. The number of amides is 1. The van der Waals surface area contributed by atoms with Gasteiger partial charge in [-0.1, -0.05) is 66.7 Å². The summed E-state index contributed by atoms with van der Waals surface area (Å²) in [6, 6.07) is 28.6. The minimum atomic E-state index is -0.928. The molecule has 1 saturated heterocycles. The van der Waals surface area contributed by atoms with Crippen molar-refractivity contribution in [3.63, 3.8) is 0 Å². The number of likely N-dealkylation sites (tertiary alicyclic amines) is 1. The van der Waals surface area contributed by atoms with Gasteiger partial charge in [-0.2, -0.15) is 11.8 Å². The van der Waals surface area contributed by atoms with Crippen molar-refractivity contribution in [1.82, 2.24) is 4.90 Å². The molecule has 1 aliphatic rings. The molecular weight excluding hydrogens is 562 g/mol. The number of thioether (sulfide) groups is 1. The monoisotopic (exact) mass is 601 g/mol. The van der Waals surface area contributed by atoms with Gasteiger partial charge in [0.25, 0.3) is 0 Å². The second-order valence-electron chi connectivity index (χ2n) is 10.6. The Morgan fingerprint density at radius 2 is 1.70 bits per heavy atom. The second-order valence-corrected chi connectivity index (χ2v) is 11.7. The quantitative estimate of drug-likeness (QED) is 0.158. The fraction of sp³-hybridized carbons (Fsp3) is 0.343. The first kappa shape index (κ1) is 30.6. The Kier molecular flexibility index (Phi) is 10.7. The summed E-state index contributed by atoms with van der Waals surface area (Å²) in [5, 5.41) is 11.6. The Hall–Kier alpha value is -3.88. The Balaban J connectivity index is 1.21. The molecular formula is C35H39NO6S. The van der Waals surface area contributed by atoms with Crippen molar-refractivity contribution in [2.45, 2.75) is 37.2 Å². The van der Waals surface area contributed by atoms with Crippen molar-refractivity contribution in [2.75, 3.05) is 39.7 Å². The molecule has 0 aliphatic carbocycles. The Morgan fingerprint density at radius 3 is 2.42 bits per heavy atom. The number of carbonyl (C=O) groups is 1. The number of methoxy groups -OCH3 is 2. The van der Waals surface area contributed by atoms with Crippen molar-refractivity contribution in [1.29, 1.82) is 0 Å². The van der Waals surface area contributed by atoms with E-state index in [0.29, 0.717) is 26.1 Å². The third-order valence-electron chi connectivity index (χ3n) is 7.86. The van der Waals surface area contributed by atoms with Crippen molar-refractivity contribution in [2.24, 2.45) is 0 Å². The predicted octanol–water partition coefficient (Wildman–Crippen LogP) is 7.61. The zero-order valence-corrected chi connectivity index (χ0v) is 25.6. The van der Waals surface area contributed by atoms with E-state index < -0.39 is 6.09 Å². The molecule has 1 heterocycles. The maximum Gasteiger partial charge on any atom is 0.407 e. The summed E-state index contributed by atoms with van der Waals surface area (Å²) in [5.41, 5.74) is 3.32. The summed E-state index contributed by atoms with van der Waals surface area (Å²) >= 11 is 1.92. The zero-order valence-electron chi connectivity index (χ0n) is 24.7. The largest absolute Gasteiger partial charge is 0.496 e. The smallest absolute Gasteiger partial charge is 0.407 e. The van der Waals surface area contributed by atoms with E-state index in [1.165, 1.54) is 10.5 Å². The van der Waals surface area contributed by atoms with Crippen LogP contribution in [0.4, 0.5) is 4.79 Å². The first-order chi connectivity index (χ1) is 21.1. The number of piperidine rings is 1. The van der Waals surface area contributed by atoms with Crippen LogP contribution < -0.4 is 14.2 Å². The first-order valence-corrected chi connectivity index (χ1v) is 15.8. The van der Waals surface area contributed by atoms with Crippen LogP contribution in [0.5, 0.6) is 17.2 Å².